The van der Waals surface area contributed by atoms with Crippen LogP contribution < -0.4 is 4.74 Å². The number of hydrogen-bond acceptors (Lipinski definition) is 3. The molecule has 3 aromatic carbocycles. The molecule has 0 saturated carbocycles. The van der Waals surface area contributed by atoms with Crippen molar-refractivity contribution in [3.8, 4) is 11.2 Å². The Kier molecular flexibility index (Phi) is 5.59. The number of nitrogens with zero attached hydrogens (tertiary/aromatic N) is 1. The fourth-order valence-corrected chi connectivity index (χ4v) is 2.73. The number of fused-ring (bicyclic) bond motifs is 1. The molecule has 122 valence electrons. The van der Waals surface area contributed by atoms with Crippen LogP contribution >= 0.6 is 11.8 Å². The van der Waals surface area contributed by atoms with Gasteiger partial charge in [0.1, 0.15) is 17.8 Å². The molecule has 0 aliphatic carbocycles. The van der Waals surface area contributed by atoms with E-state index in [2.05, 4.69) is 42.3 Å². The van der Waals surface area contributed by atoms with Gasteiger partial charge in [-0.3, -0.25) is 0 Å². The van der Waals surface area contributed by atoms with Crippen LogP contribution in [0.3, 0.4) is 0 Å². The Morgan fingerprint density at radius 1 is 1.04 bits per heavy atom. The number of ether oxygens (including phenoxy) is 1. The Bertz CT molecular complexity index is 977. The molecule has 2 nitrogen and oxygen atoms in total. The summed E-state index contributed by atoms with van der Waals surface area (Å²) in [5, 5.41) is 13.4. The average molecular weight is 343 g/mol. The Morgan fingerprint density at radius 2 is 1.80 bits per heavy atom. The highest BCUT2D eigenvalue weighted by atomic mass is 32.2. The molecule has 0 atom stereocenters. The summed E-state index contributed by atoms with van der Waals surface area (Å²) < 4.78 is 5.84. The lowest BCUT2D eigenvalue weighted by molar-refractivity contribution is 0.361. The van der Waals surface area contributed by atoms with Crippen molar-refractivity contribution in [3.05, 3.63) is 88.5 Å². The quantitative estimate of drug-likeness (QED) is 0.425. The summed E-state index contributed by atoms with van der Waals surface area (Å²) in [6.07, 6.45) is 1.88. The first-order valence-corrected chi connectivity index (χ1v) is 8.76. The summed E-state index contributed by atoms with van der Waals surface area (Å²) in [7, 11) is 0. The highest BCUT2D eigenvalue weighted by Gasteiger charge is 2.01. The van der Waals surface area contributed by atoms with Gasteiger partial charge in [0.25, 0.3) is 0 Å². The third-order valence-corrected chi connectivity index (χ3v) is 4.31. The second kappa shape index (κ2) is 8.26. The standard InChI is InChI=1S/C22H17NOS/c1-17-6-8-18(9-7-17)10-13-22(25-16-23)15-24-21-12-11-19-4-2-3-5-20(19)14-21/h2-12,14H,15H2,1H3. The normalized spacial score (nSPS) is 9.92. The van der Waals surface area contributed by atoms with Crippen LogP contribution in [0.4, 0.5) is 0 Å². The fraction of sp³-hybridized carbons (Fsp3) is 0.0909. The van der Waals surface area contributed by atoms with Crippen molar-refractivity contribution in [2.24, 2.45) is 0 Å². The third-order valence-electron chi connectivity index (χ3n) is 3.74. The highest BCUT2D eigenvalue weighted by molar-refractivity contribution is 8.07. The molecule has 0 saturated heterocycles. The monoisotopic (exact) mass is 343 g/mol. The zero-order valence-corrected chi connectivity index (χ0v) is 14.7. The van der Waals surface area contributed by atoms with Gasteiger partial charge in [-0.2, -0.15) is 5.26 Å². The summed E-state index contributed by atoms with van der Waals surface area (Å²) in [4.78, 5) is 0.747. The zero-order valence-electron chi connectivity index (χ0n) is 13.9. The van der Waals surface area contributed by atoms with E-state index >= 15 is 0 Å². The number of thioether (sulfide) groups is 1. The molecule has 0 aromatic heterocycles. The van der Waals surface area contributed by atoms with E-state index in [0.717, 1.165) is 33.4 Å². The molecule has 0 spiro atoms. The molecule has 0 aliphatic rings. The van der Waals surface area contributed by atoms with E-state index in [1.807, 2.05) is 48.5 Å². The number of nitriles is 1. The van der Waals surface area contributed by atoms with Gasteiger partial charge >= 0.3 is 0 Å². The minimum atomic E-state index is 0.318. The lowest BCUT2D eigenvalue weighted by Crippen LogP contribution is -1.97. The Hall–Kier alpha value is -2.92. The number of hydrogen-bond donors (Lipinski definition) is 0. The summed E-state index contributed by atoms with van der Waals surface area (Å²) in [5.74, 6) is 0.784. The van der Waals surface area contributed by atoms with E-state index < -0.39 is 0 Å². The molecule has 3 aromatic rings. The maximum absolute atomic E-state index is 8.99. The molecule has 0 bridgehead atoms. The summed E-state index contributed by atoms with van der Waals surface area (Å²) in [6, 6.07) is 22.3. The van der Waals surface area contributed by atoms with E-state index in [-0.39, 0.29) is 0 Å². The van der Waals surface area contributed by atoms with Gasteiger partial charge in [-0.25, -0.2) is 0 Å². The first-order chi connectivity index (χ1) is 12.2. The first-order valence-electron chi connectivity index (χ1n) is 7.94. The topological polar surface area (TPSA) is 33.0 Å². The molecule has 25 heavy (non-hydrogen) atoms. The van der Waals surface area contributed by atoms with E-state index in [9.17, 15) is 0 Å². The molecule has 0 amide bonds. The van der Waals surface area contributed by atoms with Crippen molar-refractivity contribution in [2.45, 2.75) is 6.92 Å². The van der Waals surface area contributed by atoms with Crippen LogP contribution in [0.25, 0.3) is 16.8 Å². The highest BCUT2D eigenvalue weighted by Crippen LogP contribution is 2.22. The van der Waals surface area contributed by atoms with E-state index in [1.54, 1.807) is 0 Å². The average Bonchev–Trinajstić information content (AvgIpc) is 2.65. The van der Waals surface area contributed by atoms with E-state index in [4.69, 9.17) is 10.00 Å². The maximum Gasteiger partial charge on any atom is 0.139 e. The molecule has 0 aliphatic heterocycles. The predicted molar refractivity (Wildman–Crippen MR) is 105 cm³/mol. The largest absolute Gasteiger partial charge is 0.488 e. The summed E-state index contributed by atoms with van der Waals surface area (Å²) in [5.41, 5.74) is 5.43. The van der Waals surface area contributed by atoms with Crippen molar-refractivity contribution < 1.29 is 4.74 Å². The van der Waals surface area contributed by atoms with Crippen LogP contribution in [-0.2, 0) is 0 Å². The van der Waals surface area contributed by atoms with E-state index in [1.165, 1.54) is 10.9 Å². The van der Waals surface area contributed by atoms with Crippen molar-refractivity contribution in [3.63, 3.8) is 0 Å². The van der Waals surface area contributed by atoms with Gasteiger partial charge < -0.3 is 4.74 Å². The molecule has 3 rings (SSSR count). The molecule has 0 radical (unpaired) electrons. The smallest absolute Gasteiger partial charge is 0.139 e. The van der Waals surface area contributed by atoms with Gasteiger partial charge in [-0.1, -0.05) is 60.2 Å². The Labute approximate surface area is 152 Å². The maximum atomic E-state index is 8.99. The number of thiocyanates is 1. The lowest BCUT2D eigenvalue weighted by Gasteiger charge is -2.07. The molecule has 0 N–H and O–H groups in total. The number of rotatable bonds is 5. The van der Waals surface area contributed by atoms with Crippen LogP contribution in [0.15, 0.2) is 77.4 Å². The third kappa shape index (κ3) is 4.78. The van der Waals surface area contributed by atoms with Gasteiger partial charge in [0.15, 0.2) is 0 Å². The molecule has 0 unspecified atom stereocenters. The molecule has 3 heteroatoms. The summed E-state index contributed by atoms with van der Waals surface area (Å²) >= 11 is 1.08. The lowest BCUT2D eigenvalue weighted by atomic mass is 10.1. The van der Waals surface area contributed by atoms with Crippen molar-refractivity contribution in [2.75, 3.05) is 6.61 Å². The van der Waals surface area contributed by atoms with Crippen LogP contribution in [0.1, 0.15) is 11.1 Å². The van der Waals surface area contributed by atoms with Crippen LogP contribution in [0.5, 0.6) is 5.75 Å². The van der Waals surface area contributed by atoms with Gasteiger partial charge in [0.05, 0.1) is 4.91 Å². The Balaban J connectivity index is 1.75. The van der Waals surface area contributed by atoms with Crippen molar-refractivity contribution in [1.29, 1.82) is 5.26 Å². The molecular weight excluding hydrogens is 326 g/mol. The predicted octanol–water partition coefficient (Wildman–Crippen LogP) is 5.94. The molecule has 0 heterocycles. The van der Waals surface area contributed by atoms with Crippen molar-refractivity contribution in [1.82, 2.24) is 0 Å². The first kappa shape index (κ1) is 16.9. The van der Waals surface area contributed by atoms with E-state index in [0.29, 0.717) is 6.61 Å². The zero-order chi connectivity index (χ0) is 17.5. The summed E-state index contributed by atoms with van der Waals surface area (Å²) in [6.45, 7) is 2.37. The Morgan fingerprint density at radius 3 is 2.56 bits per heavy atom. The number of aryl methyl sites for hydroxylation is 1. The van der Waals surface area contributed by atoms with Gasteiger partial charge in [-0.15, -0.1) is 5.73 Å². The van der Waals surface area contributed by atoms with Crippen molar-refractivity contribution >= 4 is 28.6 Å². The van der Waals surface area contributed by atoms with Crippen LogP contribution in [0.2, 0.25) is 0 Å². The molecule has 0 fully saturated rings. The minimum absolute atomic E-state index is 0.318. The number of benzene rings is 3. The molecular formula is C22H17NOS. The minimum Gasteiger partial charge on any atom is -0.488 e. The fourth-order valence-electron chi connectivity index (χ4n) is 2.39. The van der Waals surface area contributed by atoms with Gasteiger partial charge in [-0.05, 0) is 53.2 Å². The van der Waals surface area contributed by atoms with Crippen LogP contribution in [0, 0.1) is 17.6 Å². The second-order valence-corrected chi connectivity index (χ2v) is 6.49. The second-order valence-electron chi connectivity index (χ2n) is 5.61. The van der Waals surface area contributed by atoms with Gasteiger partial charge in [0.2, 0.25) is 0 Å². The van der Waals surface area contributed by atoms with Crippen LogP contribution in [-0.4, -0.2) is 6.61 Å². The van der Waals surface area contributed by atoms with Gasteiger partial charge in [0, 0.05) is 0 Å². The SMILES string of the molecule is Cc1ccc(C=C=C(COc2ccc3ccccc3c2)SC#N)cc1.